The summed E-state index contributed by atoms with van der Waals surface area (Å²) in [5.41, 5.74) is 10.5. The molecule has 2 aromatic carbocycles. The summed E-state index contributed by atoms with van der Waals surface area (Å²) in [6, 6.07) is 15.9. The van der Waals surface area contributed by atoms with Gasteiger partial charge in [0.1, 0.15) is 11.9 Å². The molecule has 2 heterocycles. The van der Waals surface area contributed by atoms with Gasteiger partial charge >= 0.3 is 5.97 Å². The van der Waals surface area contributed by atoms with Crippen LogP contribution in [0.3, 0.4) is 0 Å². The van der Waals surface area contributed by atoms with Crippen LogP contribution >= 0.6 is 0 Å². The van der Waals surface area contributed by atoms with Crippen molar-refractivity contribution >= 4 is 11.9 Å². The Hall–Kier alpha value is -3.41. The van der Waals surface area contributed by atoms with Crippen molar-refractivity contribution in [2.45, 2.75) is 58.1 Å². The number of rotatable bonds is 7. The maximum atomic E-state index is 13.8. The molecule has 3 aromatic rings. The van der Waals surface area contributed by atoms with Gasteiger partial charge < -0.3 is 15.0 Å². The van der Waals surface area contributed by atoms with E-state index in [1.165, 1.54) is 12.1 Å². The van der Waals surface area contributed by atoms with E-state index in [4.69, 9.17) is 10.5 Å². The van der Waals surface area contributed by atoms with E-state index in [2.05, 4.69) is 4.57 Å². The molecule has 0 aliphatic carbocycles. The highest BCUT2D eigenvalue weighted by atomic mass is 19.1. The van der Waals surface area contributed by atoms with E-state index in [9.17, 15) is 14.0 Å². The maximum Gasteiger partial charge on any atom is 0.306 e. The molecule has 1 fully saturated rings. The van der Waals surface area contributed by atoms with Crippen LogP contribution < -0.4 is 5.73 Å². The molecule has 1 atom stereocenters. The minimum Gasteiger partial charge on any atom is -0.462 e. The third-order valence-electron chi connectivity index (χ3n) is 6.16. The van der Waals surface area contributed by atoms with Gasteiger partial charge in [0.05, 0.1) is 11.3 Å². The SMILES string of the molecule is CC(C)c1c(C(N)=O)c(-c2ccccc2)c(-c2ccc(F)cc2)n1CC[C@@H]1CCCC(=O)O1. The summed E-state index contributed by atoms with van der Waals surface area (Å²) in [5.74, 6) is -0.974. The summed E-state index contributed by atoms with van der Waals surface area (Å²) in [4.78, 5) is 24.6. The zero-order chi connectivity index (χ0) is 23.5. The quantitative estimate of drug-likeness (QED) is 0.473. The molecule has 1 aliphatic rings. The number of aromatic nitrogens is 1. The smallest absolute Gasteiger partial charge is 0.306 e. The fourth-order valence-electron chi connectivity index (χ4n) is 4.77. The topological polar surface area (TPSA) is 74.3 Å². The molecule has 0 saturated carbocycles. The number of cyclic esters (lactones) is 1. The van der Waals surface area contributed by atoms with Crippen molar-refractivity contribution in [3.8, 4) is 22.4 Å². The van der Waals surface area contributed by atoms with E-state index < -0.39 is 5.91 Å². The summed E-state index contributed by atoms with van der Waals surface area (Å²) in [5, 5.41) is 0. The van der Waals surface area contributed by atoms with Gasteiger partial charge in [-0.05, 0) is 54.2 Å². The van der Waals surface area contributed by atoms with Crippen molar-refractivity contribution in [1.29, 1.82) is 0 Å². The Morgan fingerprint density at radius 1 is 1.12 bits per heavy atom. The number of primary amides is 1. The first-order chi connectivity index (χ1) is 15.9. The average molecular weight is 449 g/mol. The summed E-state index contributed by atoms with van der Waals surface area (Å²) in [6.45, 7) is 4.61. The molecular weight excluding hydrogens is 419 g/mol. The van der Waals surface area contributed by atoms with Crippen molar-refractivity contribution in [2.75, 3.05) is 0 Å². The number of halogens is 1. The fourth-order valence-corrected chi connectivity index (χ4v) is 4.77. The predicted octanol–water partition coefficient (Wildman–Crippen LogP) is 5.67. The van der Waals surface area contributed by atoms with Gasteiger partial charge in [0.15, 0.2) is 0 Å². The van der Waals surface area contributed by atoms with Crippen LogP contribution in [0.15, 0.2) is 54.6 Å². The van der Waals surface area contributed by atoms with Crippen LogP contribution in [0, 0.1) is 5.82 Å². The van der Waals surface area contributed by atoms with Crippen LogP contribution in [0.25, 0.3) is 22.4 Å². The van der Waals surface area contributed by atoms with Crippen molar-refractivity contribution in [2.24, 2.45) is 5.73 Å². The number of amides is 1. The normalized spacial score (nSPS) is 16.1. The van der Waals surface area contributed by atoms with E-state index in [1.54, 1.807) is 12.1 Å². The molecule has 2 N–H and O–H groups in total. The van der Waals surface area contributed by atoms with E-state index in [1.807, 2.05) is 44.2 Å². The highest BCUT2D eigenvalue weighted by molar-refractivity contribution is 6.05. The van der Waals surface area contributed by atoms with Gasteiger partial charge in [-0.3, -0.25) is 9.59 Å². The van der Waals surface area contributed by atoms with Crippen LogP contribution in [-0.4, -0.2) is 22.5 Å². The Bertz CT molecular complexity index is 1150. The minimum absolute atomic E-state index is 0.0121. The summed E-state index contributed by atoms with van der Waals surface area (Å²) >= 11 is 0. The Kier molecular flexibility index (Phi) is 6.63. The molecule has 4 rings (SSSR count). The number of ether oxygens (including phenoxy) is 1. The number of hydrogen-bond donors (Lipinski definition) is 1. The zero-order valence-corrected chi connectivity index (χ0v) is 19.0. The lowest BCUT2D eigenvalue weighted by Crippen LogP contribution is -2.25. The Labute approximate surface area is 193 Å². The maximum absolute atomic E-state index is 13.8. The van der Waals surface area contributed by atoms with Crippen molar-refractivity contribution in [3.05, 3.63) is 71.7 Å². The summed E-state index contributed by atoms with van der Waals surface area (Å²) in [6.07, 6.45) is 2.57. The van der Waals surface area contributed by atoms with Crippen LogP contribution in [0.2, 0.25) is 0 Å². The number of hydrogen-bond acceptors (Lipinski definition) is 3. The number of esters is 1. The van der Waals surface area contributed by atoms with Gasteiger partial charge in [-0.25, -0.2) is 4.39 Å². The molecule has 0 bridgehead atoms. The second-order valence-electron chi connectivity index (χ2n) is 8.82. The molecular formula is C27H29FN2O3. The van der Waals surface area contributed by atoms with E-state index in [0.717, 1.165) is 40.9 Å². The first-order valence-corrected chi connectivity index (χ1v) is 11.4. The molecule has 0 spiro atoms. The molecule has 1 aliphatic heterocycles. The molecule has 6 heteroatoms. The number of nitrogens with zero attached hydrogens (tertiary/aromatic N) is 1. The summed E-state index contributed by atoms with van der Waals surface area (Å²) < 4.78 is 21.4. The molecule has 1 aromatic heterocycles. The van der Waals surface area contributed by atoms with Crippen LogP contribution in [0.4, 0.5) is 4.39 Å². The second-order valence-corrected chi connectivity index (χ2v) is 8.82. The first-order valence-electron chi connectivity index (χ1n) is 11.4. The van der Waals surface area contributed by atoms with Gasteiger partial charge in [-0.15, -0.1) is 0 Å². The first kappa shape index (κ1) is 22.8. The molecule has 0 radical (unpaired) electrons. The van der Waals surface area contributed by atoms with Crippen LogP contribution in [0.1, 0.15) is 61.5 Å². The third kappa shape index (κ3) is 4.70. The Morgan fingerprint density at radius 2 is 1.82 bits per heavy atom. The number of carbonyl (C=O) groups is 2. The monoisotopic (exact) mass is 448 g/mol. The average Bonchev–Trinajstić information content (AvgIpc) is 3.14. The molecule has 172 valence electrons. The lowest BCUT2D eigenvalue weighted by molar-refractivity contribution is -0.154. The molecule has 1 amide bonds. The molecule has 0 unspecified atom stereocenters. The molecule has 33 heavy (non-hydrogen) atoms. The number of benzene rings is 2. The van der Waals surface area contributed by atoms with Crippen molar-refractivity contribution < 1.29 is 18.7 Å². The lowest BCUT2D eigenvalue weighted by atomic mass is 9.94. The second kappa shape index (κ2) is 9.61. The van der Waals surface area contributed by atoms with E-state index in [0.29, 0.717) is 24.9 Å². The number of nitrogens with two attached hydrogens (primary N) is 1. The number of carbonyl (C=O) groups excluding carboxylic acids is 2. The molecule has 1 saturated heterocycles. The van der Waals surface area contributed by atoms with Gasteiger partial charge in [0, 0.05) is 30.6 Å². The summed E-state index contributed by atoms with van der Waals surface area (Å²) in [7, 11) is 0. The van der Waals surface area contributed by atoms with E-state index in [-0.39, 0.29) is 23.8 Å². The standard InChI is InChI=1S/C27H29FN2O3/c1-17(2)25-24(27(29)32)23(18-7-4-3-5-8-18)26(19-11-13-20(28)14-12-19)30(25)16-15-21-9-6-10-22(31)33-21/h3-5,7-8,11-14,17,21H,6,9-10,15-16H2,1-2H3,(H2,29,32)/t21-/m0/s1. The zero-order valence-electron chi connectivity index (χ0n) is 19.0. The van der Waals surface area contributed by atoms with Crippen molar-refractivity contribution in [3.63, 3.8) is 0 Å². The Morgan fingerprint density at radius 3 is 2.42 bits per heavy atom. The van der Waals surface area contributed by atoms with Gasteiger partial charge in [0.25, 0.3) is 5.91 Å². The minimum atomic E-state index is -0.497. The predicted molar refractivity (Wildman–Crippen MR) is 126 cm³/mol. The molecule has 5 nitrogen and oxygen atoms in total. The lowest BCUT2D eigenvalue weighted by Gasteiger charge is -2.24. The third-order valence-corrected chi connectivity index (χ3v) is 6.16. The van der Waals surface area contributed by atoms with Crippen LogP contribution in [-0.2, 0) is 16.1 Å². The van der Waals surface area contributed by atoms with Gasteiger partial charge in [-0.1, -0.05) is 44.2 Å². The van der Waals surface area contributed by atoms with Crippen molar-refractivity contribution in [1.82, 2.24) is 4.57 Å². The van der Waals surface area contributed by atoms with Gasteiger partial charge in [-0.2, -0.15) is 0 Å². The highest BCUT2D eigenvalue weighted by Gasteiger charge is 2.30. The largest absolute Gasteiger partial charge is 0.462 e. The fraction of sp³-hybridized carbons (Fsp3) is 0.333. The van der Waals surface area contributed by atoms with Crippen LogP contribution in [0.5, 0.6) is 0 Å². The Balaban J connectivity index is 1.93. The van der Waals surface area contributed by atoms with E-state index >= 15 is 0 Å². The van der Waals surface area contributed by atoms with Gasteiger partial charge in [0.2, 0.25) is 0 Å². The highest BCUT2D eigenvalue weighted by Crippen LogP contribution is 2.42.